The van der Waals surface area contributed by atoms with Crippen LogP contribution in [-0.2, 0) is 20.9 Å². The number of fused-ring (bicyclic) bond motifs is 7. The molecule has 0 unspecified atom stereocenters. The van der Waals surface area contributed by atoms with Crippen molar-refractivity contribution in [3.63, 3.8) is 0 Å². The molecule has 4 saturated carbocycles. The van der Waals surface area contributed by atoms with Crippen LogP contribution in [0.4, 0.5) is 4.79 Å². The van der Waals surface area contributed by atoms with Crippen molar-refractivity contribution in [1.29, 1.82) is 0 Å². The Morgan fingerprint density at radius 2 is 1.56 bits per heavy atom. The summed E-state index contributed by atoms with van der Waals surface area (Å²) in [5.41, 5.74) is 2.11. The van der Waals surface area contributed by atoms with Gasteiger partial charge in [-0.15, -0.1) is 0 Å². The van der Waals surface area contributed by atoms with E-state index in [2.05, 4.69) is 55.4 Å². The van der Waals surface area contributed by atoms with Crippen molar-refractivity contribution < 1.29 is 19.1 Å². The molecule has 276 valence electrons. The third-order valence-corrected chi connectivity index (χ3v) is 16.0. The lowest BCUT2D eigenvalue weighted by Gasteiger charge is -2.72. The summed E-state index contributed by atoms with van der Waals surface area (Å²) in [5.74, 6) is 2.45. The van der Waals surface area contributed by atoms with E-state index in [1.54, 1.807) is 17.0 Å². The van der Waals surface area contributed by atoms with Gasteiger partial charge in [0.25, 0.3) is 0 Å². The van der Waals surface area contributed by atoms with Gasteiger partial charge in [-0.2, -0.15) is 0 Å². The van der Waals surface area contributed by atoms with E-state index in [4.69, 9.17) is 16.3 Å². The van der Waals surface area contributed by atoms with Crippen molar-refractivity contribution in [2.75, 3.05) is 6.54 Å². The summed E-state index contributed by atoms with van der Waals surface area (Å²) in [6, 6.07) is 7.38. The molecule has 1 amide bonds. The van der Waals surface area contributed by atoms with Gasteiger partial charge in [-0.05, 0) is 152 Å². The molecule has 0 aromatic heterocycles. The van der Waals surface area contributed by atoms with Gasteiger partial charge >= 0.3 is 6.09 Å². The highest BCUT2D eigenvalue weighted by Crippen LogP contribution is 2.77. The van der Waals surface area contributed by atoms with E-state index in [-0.39, 0.29) is 53.7 Å². The number of hydrogen-bond donors (Lipinski definition) is 0. The third-order valence-electron chi connectivity index (χ3n) is 15.8. The van der Waals surface area contributed by atoms with Crippen molar-refractivity contribution >= 4 is 29.3 Å². The van der Waals surface area contributed by atoms with Gasteiger partial charge in [0.05, 0.1) is 12.0 Å². The van der Waals surface area contributed by atoms with Crippen molar-refractivity contribution in [1.82, 2.24) is 4.90 Å². The van der Waals surface area contributed by atoms with Gasteiger partial charge in [-0.3, -0.25) is 14.5 Å². The maximum atomic E-state index is 15.1. The molecule has 5 aliphatic rings. The Kier molecular flexibility index (Phi) is 9.39. The molecule has 6 heteroatoms. The number of carbonyl (C=O) groups is 3. The van der Waals surface area contributed by atoms with Crippen LogP contribution >= 0.6 is 11.6 Å². The van der Waals surface area contributed by atoms with Gasteiger partial charge in [0.2, 0.25) is 0 Å². The first-order valence-electron chi connectivity index (χ1n) is 19.6. The molecule has 1 aromatic carbocycles. The Morgan fingerprint density at radius 1 is 0.900 bits per heavy atom. The SMILES string of the molecule is CC(C)C1=C2[C@H]3CC[C@@H]4[C@@]5(C)CC[C@H](C)C(C)(C)[C@@H]5CC[C@@]4(C)[C@]3(C)CC[C@@]2(C(=O)CN(Cc2ccc(Cl)cc2)C(=O)OC(C)(C)C)CC1=O. The normalized spacial score (nSPS) is 37.8. The molecule has 0 heterocycles. The summed E-state index contributed by atoms with van der Waals surface area (Å²) in [4.78, 5) is 44.5. The molecule has 8 atom stereocenters. The lowest BCUT2D eigenvalue weighted by molar-refractivity contribution is -0.219. The highest BCUT2D eigenvalue weighted by atomic mass is 35.5. The summed E-state index contributed by atoms with van der Waals surface area (Å²) < 4.78 is 5.85. The topological polar surface area (TPSA) is 63.7 Å². The van der Waals surface area contributed by atoms with E-state index >= 15 is 4.79 Å². The number of Topliss-reactive ketones (excluding diaryl/α,β-unsaturated/α-hetero) is 2. The number of carbonyl (C=O) groups excluding carboxylic acids is 3. The van der Waals surface area contributed by atoms with Crippen LogP contribution in [0.2, 0.25) is 5.02 Å². The highest BCUT2D eigenvalue weighted by molar-refractivity contribution is 6.30. The largest absolute Gasteiger partial charge is 0.444 e. The number of amides is 1. The zero-order chi connectivity index (χ0) is 36.8. The predicted molar refractivity (Wildman–Crippen MR) is 202 cm³/mol. The van der Waals surface area contributed by atoms with E-state index in [0.29, 0.717) is 28.2 Å². The van der Waals surface area contributed by atoms with Gasteiger partial charge < -0.3 is 4.74 Å². The summed E-state index contributed by atoms with van der Waals surface area (Å²) in [5, 5.41) is 0.617. The number of hydrogen-bond acceptors (Lipinski definition) is 4. The zero-order valence-corrected chi connectivity index (χ0v) is 33.7. The number of benzene rings is 1. The molecule has 5 nitrogen and oxygen atoms in total. The average molecular weight is 706 g/mol. The molecule has 50 heavy (non-hydrogen) atoms. The van der Waals surface area contributed by atoms with Crippen molar-refractivity contribution in [3.8, 4) is 0 Å². The van der Waals surface area contributed by atoms with E-state index < -0.39 is 17.1 Å². The van der Waals surface area contributed by atoms with Crippen molar-refractivity contribution in [3.05, 3.63) is 46.0 Å². The number of nitrogens with zero attached hydrogens (tertiary/aromatic N) is 1. The van der Waals surface area contributed by atoms with E-state index in [9.17, 15) is 9.59 Å². The first-order valence-corrected chi connectivity index (χ1v) is 20.0. The molecule has 5 aliphatic carbocycles. The number of allylic oxidation sites excluding steroid dienone is 2. The Morgan fingerprint density at radius 3 is 2.18 bits per heavy atom. The van der Waals surface area contributed by atoms with E-state index in [1.165, 1.54) is 25.7 Å². The zero-order valence-electron chi connectivity index (χ0n) is 32.9. The fourth-order valence-corrected chi connectivity index (χ4v) is 12.9. The second-order valence-corrected chi connectivity index (χ2v) is 20.4. The minimum Gasteiger partial charge on any atom is -0.444 e. The molecule has 0 saturated heterocycles. The lowest BCUT2D eigenvalue weighted by atomic mass is 9.32. The number of rotatable bonds is 6. The monoisotopic (exact) mass is 705 g/mol. The Hall–Kier alpha value is -2.14. The quantitative estimate of drug-likeness (QED) is 0.295. The highest BCUT2D eigenvalue weighted by Gasteiger charge is 2.70. The summed E-state index contributed by atoms with van der Waals surface area (Å²) >= 11 is 6.18. The van der Waals surface area contributed by atoms with Crippen molar-refractivity contribution in [2.24, 2.45) is 56.7 Å². The standard InChI is InChI=1S/C44H64ClNO4/c1-27(2)36-32(47)24-44(35(48)26-46(38(49)50-39(4,5)6)25-29-12-14-30(45)15-13-29)23-22-42(10)31(37(36)44)16-17-34-41(9)20-18-28(3)40(7,8)33(41)19-21-43(34,42)11/h12-15,27-28,31,33-34H,16-26H2,1-11H3/t28-,31+,33-,34+,41-,42+,43+,44-/m0/s1. The Labute approximate surface area is 307 Å². The predicted octanol–water partition coefficient (Wildman–Crippen LogP) is 11.3. The molecule has 0 spiro atoms. The van der Waals surface area contributed by atoms with Gasteiger partial charge in [0, 0.05) is 18.0 Å². The van der Waals surface area contributed by atoms with Crippen LogP contribution in [-0.4, -0.2) is 34.7 Å². The second-order valence-electron chi connectivity index (χ2n) is 19.9. The van der Waals surface area contributed by atoms with Crippen LogP contribution in [0.3, 0.4) is 0 Å². The van der Waals surface area contributed by atoms with Gasteiger partial charge in [-0.25, -0.2) is 4.79 Å². The van der Waals surface area contributed by atoms with Crippen LogP contribution in [0, 0.1) is 56.7 Å². The number of ketones is 2. The van der Waals surface area contributed by atoms with Crippen LogP contribution in [0.5, 0.6) is 0 Å². The summed E-state index contributed by atoms with van der Waals surface area (Å²) in [6.45, 7) is 25.3. The molecule has 1 aromatic rings. The molecular formula is C44H64ClNO4. The number of halogens is 1. The van der Waals surface area contributed by atoms with Crippen LogP contribution in [0.1, 0.15) is 140 Å². The minimum absolute atomic E-state index is 0.00483. The molecule has 0 radical (unpaired) electrons. The first-order chi connectivity index (χ1) is 23.1. The summed E-state index contributed by atoms with van der Waals surface area (Å²) in [6.07, 6.45) is 8.59. The molecule has 6 rings (SSSR count). The van der Waals surface area contributed by atoms with Crippen LogP contribution in [0.15, 0.2) is 35.4 Å². The van der Waals surface area contributed by atoms with E-state index in [1.807, 2.05) is 32.9 Å². The second kappa shape index (κ2) is 12.5. The van der Waals surface area contributed by atoms with Crippen LogP contribution in [0.25, 0.3) is 0 Å². The first kappa shape index (κ1) is 37.6. The van der Waals surface area contributed by atoms with Crippen LogP contribution < -0.4 is 0 Å². The van der Waals surface area contributed by atoms with E-state index in [0.717, 1.165) is 47.8 Å². The Balaban J connectivity index is 1.37. The fraction of sp³-hybridized carbons (Fsp3) is 0.750. The molecule has 0 aliphatic heterocycles. The maximum Gasteiger partial charge on any atom is 0.410 e. The average Bonchev–Trinajstić information content (AvgIpc) is 3.33. The van der Waals surface area contributed by atoms with Crippen molar-refractivity contribution in [2.45, 2.75) is 146 Å². The van der Waals surface area contributed by atoms with Gasteiger partial charge in [0.1, 0.15) is 5.60 Å². The Bertz CT molecular complexity index is 1570. The van der Waals surface area contributed by atoms with Gasteiger partial charge in [0.15, 0.2) is 11.6 Å². The minimum atomic E-state index is -0.867. The number of ether oxygens (including phenoxy) is 1. The molecule has 0 N–H and O–H groups in total. The molecular weight excluding hydrogens is 642 g/mol. The fourth-order valence-electron chi connectivity index (χ4n) is 12.8. The van der Waals surface area contributed by atoms with Gasteiger partial charge in [-0.1, -0.05) is 79.1 Å². The lowest BCUT2D eigenvalue weighted by Crippen LogP contribution is -2.65. The maximum absolute atomic E-state index is 15.1. The molecule has 0 bridgehead atoms. The summed E-state index contributed by atoms with van der Waals surface area (Å²) in [7, 11) is 0. The third kappa shape index (κ3) is 5.73. The molecule has 4 fully saturated rings. The smallest absolute Gasteiger partial charge is 0.410 e.